The first kappa shape index (κ1) is 19.4. The second-order valence-electron chi connectivity index (χ2n) is 6.80. The zero-order valence-corrected chi connectivity index (χ0v) is 17.0. The summed E-state index contributed by atoms with van der Waals surface area (Å²) in [5.74, 6) is 0. The van der Waals surface area contributed by atoms with Crippen molar-refractivity contribution in [3.8, 4) is 17.8 Å². The van der Waals surface area contributed by atoms with E-state index in [4.69, 9.17) is 0 Å². The van der Waals surface area contributed by atoms with Crippen molar-refractivity contribution in [1.82, 2.24) is 4.57 Å². The standard InChI is InChI=1S/C23H19N3OS/c1-14-5-7-16(3)18(9-14)11-21-22(27)26(23(28-21)19(12-24)13-25)20-10-15(2)6-8-17(20)4/h5-11H,1-4H3/b21-11-. The molecule has 0 N–H and O–H groups in total. The van der Waals surface area contributed by atoms with E-state index in [0.29, 0.717) is 14.9 Å². The quantitative estimate of drug-likeness (QED) is 0.680. The van der Waals surface area contributed by atoms with E-state index < -0.39 is 0 Å². The SMILES string of the molecule is Cc1ccc(C)c(/C=c2\sc(=C(C#N)C#N)n(-c3cc(C)ccc3C)c2=O)c1. The van der Waals surface area contributed by atoms with E-state index in [1.807, 2.05) is 82.3 Å². The van der Waals surface area contributed by atoms with Crippen molar-refractivity contribution in [2.75, 3.05) is 0 Å². The molecule has 0 radical (unpaired) electrons. The molecule has 0 aliphatic carbocycles. The van der Waals surface area contributed by atoms with Gasteiger partial charge in [0.05, 0.1) is 10.2 Å². The van der Waals surface area contributed by atoms with E-state index in [0.717, 1.165) is 27.8 Å². The summed E-state index contributed by atoms with van der Waals surface area (Å²) in [6, 6.07) is 15.7. The minimum absolute atomic E-state index is 0.0661. The molecule has 138 valence electrons. The zero-order valence-electron chi connectivity index (χ0n) is 16.2. The summed E-state index contributed by atoms with van der Waals surface area (Å²) < 4.78 is 2.35. The van der Waals surface area contributed by atoms with Gasteiger partial charge >= 0.3 is 0 Å². The van der Waals surface area contributed by atoms with Gasteiger partial charge in [0.15, 0.2) is 5.57 Å². The third kappa shape index (κ3) is 3.53. The minimum atomic E-state index is -0.224. The van der Waals surface area contributed by atoms with Gasteiger partial charge in [-0.2, -0.15) is 10.5 Å². The maximum atomic E-state index is 13.3. The maximum Gasteiger partial charge on any atom is 0.273 e. The van der Waals surface area contributed by atoms with Crippen LogP contribution in [0.15, 0.2) is 41.2 Å². The monoisotopic (exact) mass is 385 g/mol. The molecule has 3 rings (SSSR count). The summed E-state index contributed by atoms with van der Waals surface area (Å²) in [5.41, 5.74) is 5.42. The highest BCUT2D eigenvalue weighted by Crippen LogP contribution is 2.14. The number of benzene rings is 2. The molecule has 5 heteroatoms. The number of aryl methyl sites for hydroxylation is 4. The first-order chi connectivity index (χ1) is 13.3. The Kier molecular flexibility index (Phi) is 5.31. The highest BCUT2D eigenvalue weighted by atomic mass is 32.1. The normalized spacial score (nSPS) is 11.1. The fourth-order valence-electron chi connectivity index (χ4n) is 3.01. The molecule has 0 fully saturated rings. The summed E-state index contributed by atoms with van der Waals surface area (Å²) >= 11 is 1.18. The molecule has 0 saturated heterocycles. The second-order valence-corrected chi connectivity index (χ2v) is 7.84. The third-order valence-corrected chi connectivity index (χ3v) is 5.68. The number of hydrogen-bond acceptors (Lipinski definition) is 4. The number of nitrogens with zero attached hydrogens (tertiary/aromatic N) is 3. The average Bonchev–Trinajstić information content (AvgIpc) is 2.97. The van der Waals surface area contributed by atoms with Crippen LogP contribution in [0.1, 0.15) is 27.8 Å². The summed E-state index contributed by atoms with van der Waals surface area (Å²) in [6.07, 6.45) is 1.84. The van der Waals surface area contributed by atoms with Crippen LogP contribution in [0.2, 0.25) is 0 Å². The Balaban J connectivity index is 2.47. The lowest BCUT2D eigenvalue weighted by Crippen LogP contribution is -2.31. The Labute approximate surface area is 167 Å². The number of thiazole rings is 1. The summed E-state index contributed by atoms with van der Waals surface area (Å²) in [6.45, 7) is 7.85. The third-order valence-electron chi connectivity index (χ3n) is 4.59. The van der Waals surface area contributed by atoms with Crippen LogP contribution in [-0.2, 0) is 0 Å². The van der Waals surface area contributed by atoms with Crippen molar-refractivity contribution < 1.29 is 0 Å². The van der Waals surface area contributed by atoms with E-state index in [9.17, 15) is 15.3 Å². The van der Waals surface area contributed by atoms with Gasteiger partial charge in [0.25, 0.3) is 5.56 Å². The number of hydrogen-bond donors (Lipinski definition) is 0. The Hall–Kier alpha value is -3.41. The van der Waals surface area contributed by atoms with Crippen LogP contribution in [0.4, 0.5) is 0 Å². The number of rotatable bonds is 2. The van der Waals surface area contributed by atoms with Crippen molar-refractivity contribution in [2.45, 2.75) is 27.7 Å². The molecule has 0 amide bonds. The van der Waals surface area contributed by atoms with Gasteiger partial charge < -0.3 is 0 Å². The lowest BCUT2D eigenvalue weighted by Gasteiger charge is -2.07. The van der Waals surface area contributed by atoms with Crippen LogP contribution < -0.4 is 14.8 Å². The van der Waals surface area contributed by atoms with Crippen LogP contribution in [-0.4, -0.2) is 4.57 Å². The molecular weight excluding hydrogens is 366 g/mol. The van der Waals surface area contributed by atoms with E-state index in [2.05, 4.69) is 0 Å². The molecule has 0 saturated carbocycles. The van der Waals surface area contributed by atoms with Crippen LogP contribution in [0.5, 0.6) is 0 Å². The summed E-state index contributed by atoms with van der Waals surface area (Å²) in [5, 5.41) is 18.8. The minimum Gasteiger partial charge on any atom is -0.267 e. The molecule has 1 heterocycles. The van der Waals surface area contributed by atoms with E-state index >= 15 is 0 Å². The largest absolute Gasteiger partial charge is 0.273 e. The van der Waals surface area contributed by atoms with Gasteiger partial charge in [-0.05, 0) is 62.1 Å². The van der Waals surface area contributed by atoms with Gasteiger partial charge in [0.1, 0.15) is 16.8 Å². The van der Waals surface area contributed by atoms with Gasteiger partial charge in [-0.3, -0.25) is 9.36 Å². The van der Waals surface area contributed by atoms with Crippen molar-refractivity contribution >= 4 is 23.0 Å². The summed E-state index contributed by atoms with van der Waals surface area (Å²) in [4.78, 5) is 13.3. The van der Waals surface area contributed by atoms with Crippen LogP contribution >= 0.6 is 11.3 Å². The molecule has 2 aromatic carbocycles. The van der Waals surface area contributed by atoms with Gasteiger partial charge in [-0.15, -0.1) is 11.3 Å². The van der Waals surface area contributed by atoms with Crippen LogP contribution in [0, 0.1) is 50.4 Å². The highest BCUT2D eigenvalue weighted by Gasteiger charge is 2.13. The lowest BCUT2D eigenvalue weighted by molar-refractivity contribution is 0.972. The summed E-state index contributed by atoms with van der Waals surface area (Å²) in [7, 11) is 0. The molecular formula is C23H19N3OS. The predicted molar refractivity (Wildman–Crippen MR) is 113 cm³/mol. The zero-order chi connectivity index (χ0) is 20.4. The second kappa shape index (κ2) is 7.68. The van der Waals surface area contributed by atoms with Crippen molar-refractivity contribution in [3.05, 3.63) is 83.8 Å². The fourth-order valence-corrected chi connectivity index (χ4v) is 4.05. The van der Waals surface area contributed by atoms with Crippen molar-refractivity contribution in [1.29, 1.82) is 10.5 Å². The van der Waals surface area contributed by atoms with E-state index in [1.165, 1.54) is 15.9 Å². The Morgan fingerprint density at radius 2 is 1.57 bits per heavy atom. The Morgan fingerprint density at radius 3 is 2.21 bits per heavy atom. The Morgan fingerprint density at radius 1 is 0.964 bits per heavy atom. The van der Waals surface area contributed by atoms with Gasteiger partial charge in [-0.25, -0.2) is 0 Å². The molecule has 0 spiro atoms. The van der Waals surface area contributed by atoms with Crippen molar-refractivity contribution in [3.63, 3.8) is 0 Å². The molecule has 0 bridgehead atoms. The first-order valence-electron chi connectivity index (χ1n) is 8.78. The lowest BCUT2D eigenvalue weighted by atomic mass is 10.1. The fraction of sp³-hybridized carbons (Fsp3) is 0.174. The molecule has 0 aliphatic rings. The van der Waals surface area contributed by atoms with Gasteiger partial charge in [0, 0.05) is 0 Å². The van der Waals surface area contributed by atoms with Gasteiger partial charge in [0.2, 0.25) is 0 Å². The van der Waals surface area contributed by atoms with Crippen molar-refractivity contribution in [2.24, 2.45) is 0 Å². The molecule has 0 aliphatic heterocycles. The first-order valence-corrected chi connectivity index (χ1v) is 9.60. The predicted octanol–water partition coefficient (Wildman–Crippen LogP) is 3.16. The van der Waals surface area contributed by atoms with Crippen LogP contribution in [0.25, 0.3) is 17.3 Å². The molecule has 28 heavy (non-hydrogen) atoms. The number of aromatic nitrogens is 1. The van der Waals surface area contributed by atoms with E-state index in [1.54, 1.807) is 0 Å². The smallest absolute Gasteiger partial charge is 0.267 e. The molecule has 0 unspecified atom stereocenters. The molecule has 3 aromatic rings. The maximum absolute atomic E-state index is 13.3. The van der Waals surface area contributed by atoms with Crippen LogP contribution in [0.3, 0.4) is 0 Å². The highest BCUT2D eigenvalue weighted by molar-refractivity contribution is 7.07. The average molecular weight is 385 g/mol. The molecule has 0 atom stereocenters. The topological polar surface area (TPSA) is 69.6 Å². The molecule has 4 nitrogen and oxygen atoms in total. The molecule has 1 aromatic heterocycles. The van der Waals surface area contributed by atoms with E-state index in [-0.39, 0.29) is 11.1 Å². The number of nitriles is 2. The van der Waals surface area contributed by atoms with Gasteiger partial charge in [-0.1, -0.05) is 35.9 Å². The Bertz CT molecular complexity index is 1330.